The monoisotopic (exact) mass is 742 g/mol. The zero-order valence-corrected chi connectivity index (χ0v) is 31.3. The molecule has 2 aromatic heterocycles. The second kappa shape index (κ2) is 15.3. The summed E-state index contributed by atoms with van der Waals surface area (Å²) in [6.07, 6.45) is 0. The van der Waals surface area contributed by atoms with Gasteiger partial charge in [-0.2, -0.15) is 0 Å². The van der Waals surface area contributed by atoms with Crippen LogP contribution >= 0.6 is 0 Å². The molecule has 0 spiro atoms. The van der Waals surface area contributed by atoms with Crippen molar-refractivity contribution in [1.29, 1.82) is 0 Å². The standard InChI is InChI=1S/C52H34N6/c1-5-14-35(15-6-1)37-24-28-41(29-25-37)49-53-47(39-18-9-3-10-19-39)55-51(56-49)44-32-33-45-43(34-44)22-13-23-46(45)52-57-48(40-20-11-4-12-21-40)54-50(58-52)42-30-26-38(27-31-42)36-16-7-2-8-17-36/h1-34H. The molecule has 0 amide bonds. The van der Waals surface area contributed by atoms with Crippen LogP contribution in [0.1, 0.15) is 0 Å². The molecule has 2 heterocycles. The van der Waals surface area contributed by atoms with Gasteiger partial charge in [-0.05, 0) is 39.1 Å². The maximum atomic E-state index is 5.09. The number of benzene rings is 8. The Bertz CT molecular complexity index is 3010. The molecule has 8 aromatic carbocycles. The van der Waals surface area contributed by atoms with E-state index in [1.54, 1.807) is 0 Å². The summed E-state index contributed by atoms with van der Waals surface area (Å²) in [5.41, 5.74) is 10.0. The smallest absolute Gasteiger partial charge is 0.164 e. The van der Waals surface area contributed by atoms with Gasteiger partial charge in [-0.3, -0.25) is 0 Å². The van der Waals surface area contributed by atoms with Crippen molar-refractivity contribution in [3.8, 4) is 90.6 Å². The molecule has 0 radical (unpaired) electrons. The Kier molecular flexibility index (Phi) is 9.10. The summed E-state index contributed by atoms with van der Waals surface area (Å²) in [6, 6.07) is 70.1. The van der Waals surface area contributed by atoms with E-state index >= 15 is 0 Å². The molecule has 0 unspecified atom stereocenters. The van der Waals surface area contributed by atoms with Crippen molar-refractivity contribution < 1.29 is 0 Å². The molecule has 6 heteroatoms. The van der Waals surface area contributed by atoms with Crippen molar-refractivity contribution in [1.82, 2.24) is 29.9 Å². The van der Waals surface area contributed by atoms with Gasteiger partial charge in [0.2, 0.25) is 0 Å². The van der Waals surface area contributed by atoms with E-state index in [2.05, 4.69) is 127 Å². The summed E-state index contributed by atoms with van der Waals surface area (Å²) in [4.78, 5) is 30.1. The third kappa shape index (κ3) is 7.02. The molecule has 0 aliphatic rings. The second-order valence-electron chi connectivity index (χ2n) is 14.0. The molecule has 0 aliphatic heterocycles. The highest BCUT2D eigenvalue weighted by molar-refractivity contribution is 5.97. The molecule has 0 N–H and O–H groups in total. The topological polar surface area (TPSA) is 77.3 Å². The van der Waals surface area contributed by atoms with Gasteiger partial charge < -0.3 is 0 Å². The molecule has 0 saturated heterocycles. The quantitative estimate of drug-likeness (QED) is 0.154. The molecule has 58 heavy (non-hydrogen) atoms. The fourth-order valence-electron chi connectivity index (χ4n) is 7.19. The van der Waals surface area contributed by atoms with Gasteiger partial charge in [-0.15, -0.1) is 0 Å². The van der Waals surface area contributed by atoms with Gasteiger partial charge in [0.25, 0.3) is 0 Å². The highest BCUT2D eigenvalue weighted by Crippen LogP contribution is 2.34. The van der Waals surface area contributed by atoms with Crippen LogP contribution in [0.4, 0.5) is 0 Å². The van der Waals surface area contributed by atoms with Crippen LogP contribution in [0, 0.1) is 0 Å². The molecular formula is C52H34N6. The summed E-state index contributed by atoms with van der Waals surface area (Å²) in [5.74, 6) is 3.65. The summed E-state index contributed by atoms with van der Waals surface area (Å²) >= 11 is 0. The Balaban J connectivity index is 1.06. The van der Waals surface area contributed by atoms with Crippen molar-refractivity contribution in [3.63, 3.8) is 0 Å². The van der Waals surface area contributed by atoms with E-state index in [1.165, 1.54) is 0 Å². The highest BCUT2D eigenvalue weighted by Gasteiger charge is 2.17. The lowest BCUT2D eigenvalue weighted by Crippen LogP contribution is -2.01. The van der Waals surface area contributed by atoms with Crippen LogP contribution in [0.2, 0.25) is 0 Å². The van der Waals surface area contributed by atoms with E-state index in [0.717, 1.165) is 66.4 Å². The van der Waals surface area contributed by atoms with Gasteiger partial charge in [0.1, 0.15) is 0 Å². The van der Waals surface area contributed by atoms with E-state index in [4.69, 9.17) is 29.9 Å². The van der Waals surface area contributed by atoms with Crippen LogP contribution in [-0.2, 0) is 0 Å². The second-order valence-corrected chi connectivity index (χ2v) is 14.0. The van der Waals surface area contributed by atoms with E-state index in [1.807, 2.05) is 78.9 Å². The van der Waals surface area contributed by atoms with E-state index in [9.17, 15) is 0 Å². The number of hydrogen-bond acceptors (Lipinski definition) is 6. The fourth-order valence-corrected chi connectivity index (χ4v) is 7.19. The summed E-state index contributed by atoms with van der Waals surface area (Å²) in [6.45, 7) is 0. The maximum Gasteiger partial charge on any atom is 0.164 e. The van der Waals surface area contributed by atoms with E-state index in [0.29, 0.717) is 34.9 Å². The highest BCUT2D eigenvalue weighted by atomic mass is 15.0. The molecule has 0 saturated carbocycles. The maximum absolute atomic E-state index is 5.09. The Morgan fingerprint density at radius 1 is 0.207 bits per heavy atom. The summed E-state index contributed by atoms with van der Waals surface area (Å²) in [7, 11) is 0. The SMILES string of the molecule is c1ccc(-c2ccc(-c3nc(-c4ccccc4)nc(-c4ccc5c(-c6nc(-c7ccccc7)nc(-c7ccc(-c8ccccc8)cc7)n6)cccc5c4)n3)cc2)cc1. The molecule has 6 nitrogen and oxygen atoms in total. The first-order chi connectivity index (χ1) is 28.7. The van der Waals surface area contributed by atoms with Crippen LogP contribution in [0.3, 0.4) is 0 Å². The lowest BCUT2D eigenvalue weighted by Gasteiger charge is -2.12. The van der Waals surface area contributed by atoms with Crippen molar-refractivity contribution in [2.24, 2.45) is 0 Å². The Hall–Kier alpha value is -7.96. The van der Waals surface area contributed by atoms with E-state index in [-0.39, 0.29) is 0 Å². The zero-order chi connectivity index (χ0) is 38.7. The van der Waals surface area contributed by atoms with Crippen LogP contribution in [0.25, 0.3) is 101 Å². The Labute approximate surface area is 336 Å². The first-order valence-electron chi connectivity index (χ1n) is 19.2. The summed E-state index contributed by atoms with van der Waals surface area (Å²) in [5, 5.41) is 2.02. The average Bonchev–Trinajstić information content (AvgIpc) is 3.32. The summed E-state index contributed by atoms with van der Waals surface area (Å²) < 4.78 is 0. The molecule has 0 bridgehead atoms. The van der Waals surface area contributed by atoms with Crippen molar-refractivity contribution >= 4 is 10.8 Å². The van der Waals surface area contributed by atoms with Crippen molar-refractivity contribution in [2.75, 3.05) is 0 Å². The predicted molar refractivity (Wildman–Crippen MR) is 234 cm³/mol. The lowest BCUT2D eigenvalue weighted by molar-refractivity contribution is 1.07. The molecular weight excluding hydrogens is 709 g/mol. The minimum Gasteiger partial charge on any atom is -0.208 e. The predicted octanol–water partition coefficient (Wildman–Crippen LogP) is 12.5. The fraction of sp³-hybridized carbons (Fsp3) is 0. The van der Waals surface area contributed by atoms with Crippen LogP contribution in [0.5, 0.6) is 0 Å². The number of aromatic nitrogens is 6. The third-order valence-electron chi connectivity index (χ3n) is 10.2. The molecule has 0 aliphatic carbocycles. The van der Waals surface area contributed by atoms with Gasteiger partial charge >= 0.3 is 0 Å². The van der Waals surface area contributed by atoms with Gasteiger partial charge in [0.15, 0.2) is 34.9 Å². The molecule has 0 atom stereocenters. The van der Waals surface area contributed by atoms with Crippen LogP contribution in [-0.4, -0.2) is 29.9 Å². The number of rotatable bonds is 8. The molecule has 10 rings (SSSR count). The van der Waals surface area contributed by atoms with Gasteiger partial charge in [-0.1, -0.05) is 200 Å². The average molecular weight is 743 g/mol. The van der Waals surface area contributed by atoms with E-state index < -0.39 is 0 Å². The molecule has 10 aromatic rings. The first-order valence-corrected chi connectivity index (χ1v) is 19.2. The number of fused-ring (bicyclic) bond motifs is 1. The number of nitrogens with zero attached hydrogens (tertiary/aromatic N) is 6. The van der Waals surface area contributed by atoms with Crippen LogP contribution in [0.15, 0.2) is 206 Å². The number of hydrogen-bond donors (Lipinski definition) is 0. The Morgan fingerprint density at radius 3 is 0.948 bits per heavy atom. The minimum absolute atomic E-state index is 0.594. The third-order valence-corrected chi connectivity index (χ3v) is 10.2. The normalized spacial score (nSPS) is 11.1. The Morgan fingerprint density at radius 2 is 0.517 bits per heavy atom. The van der Waals surface area contributed by atoms with Gasteiger partial charge in [-0.25, -0.2) is 29.9 Å². The first kappa shape index (κ1) is 34.5. The van der Waals surface area contributed by atoms with Crippen molar-refractivity contribution in [2.45, 2.75) is 0 Å². The van der Waals surface area contributed by atoms with Gasteiger partial charge in [0, 0.05) is 33.4 Å². The zero-order valence-electron chi connectivity index (χ0n) is 31.3. The lowest BCUT2D eigenvalue weighted by atomic mass is 10.0. The van der Waals surface area contributed by atoms with Crippen LogP contribution < -0.4 is 0 Å². The van der Waals surface area contributed by atoms with Crippen molar-refractivity contribution in [3.05, 3.63) is 206 Å². The molecule has 272 valence electrons. The van der Waals surface area contributed by atoms with Gasteiger partial charge in [0.05, 0.1) is 0 Å². The largest absolute Gasteiger partial charge is 0.208 e. The minimum atomic E-state index is 0.594. The molecule has 0 fully saturated rings.